The smallest absolute Gasteiger partial charge is 0.339 e. The minimum absolute atomic E-state index is 0.177. The van der Waals surface area contributed by atoms with Gasteiger partial charge in [0.2, 0.25) is 0 Å². The monoisotopic (exact) mass is 330 g/mol. The summed E-state index contributed by atoms with van der Waals surface area (Å²) in [5.41, 5.74) is 0.0806. The summed E-state index contributed by atoms with van der Waals surface area (Å²) in [6, 6.07) is 3.81. The summed E-state index contributed by atoms with van der Waals surface area (Å²) in [5.74, 6) is -1.70. The van der Waals surface area contributed by atoms with E-state index in [4.69, 9.17) is 19.7 Å². The van der Waals surface area contributed by atoms with Gasteiger partial charge in [-0.3, -0.25) is 0 Å². The van der Waals surface area contributed by atoms with Crippen LogP contribution in [-0.2, 0) is 16.1 Å². The predicted molar refractivity (Wildman–Crippen MR) is 73.6 cm³/mol. The molecule has 1 saturated heterocycles. The molecule has 0 saturated carbocycles. The van der Waals surface area contributed by atoms with E-state index in [-0.39, 0.29) is 12.2 Å². The Morgan fingerprint density at radius 2 is 1.87 bits per heavy atom. The number of aromatic hydroxyl groups is 1. The van der Waals surface area contributed by atoms with E-state index in [9.17, 15) is 25.2 Å². The molecule has 1 heterocycles. The Morgan fingerprint density at radius 1 is 1.17 bits per heavy atom. The third kappa shape index (κ3) is 3.78. The third-order valence-corrected chi connectivity index (χ3v) is 3.55. The fourth-order valence-electron chi connectivity index (χ4n) is 2.23. The first kappa shape index (κ1) is 17.6. The van der Waals surface area contributed by atoms with Crippen LogP contribution in [-0.4, -0.2) is 73.9 Å². The van der Waals surface area contributed by atoms with Gasteiger partial charge in [0.15, 0.2) is 6.29 Å². The van der Waals surface area contributed by atoms with E-state index in [1.54, 1.807) is 0 Å². The zero-order valence-corrected chi connectivity index (χ0v) is 11.9. The topological polar surface area (TPSA) is 157 Å². The van der Waals surface area contributed by atoms with Crippen LogP contribution in [0.15, 0.2) is 18.2 Å². The normalized spacial score (nSPS) is 31.0. The molecule has 23 heavy (non-hydrogen) atoms. The lowest BCUT2D eigenvalue weighted by molar-refractivity contribution is -0.304. The number of rotatable bonds is 5. The van der Waals surface area contributed by atoms with Crippen LogP contribution in [0.2, 0.25) is 0 Å². The van der Waals surface area contributed by atoms with Crippen LogP contribution in [0.4, 0.5) is 0 Å². The zero-order valence-electron chi connectivity index (χ0n) is 11.9. The number of ether oxygens (including phenoxy) is 2. The molecule has 0 aromatic heterocycles. The summed E-state index contributed by atoms with van der Waals surface area (Å²) in [6.45, 7) is -0.754. The molecule has 2 rings (SSSR count). The highest BCUT2D eigenvalue weighted by Gasteiger charge is 2.43. The molecule has 1 aliphatic heterocycles. The van der Waals surface area contributed by atoms with Gasteiger partial charge in [-0.1, -0.05) is 6.07 Å². The lowest BCUT2D eigenvalue weighted by Crippen LogP contribution is -2.59. The molecule has 0 bridgehead atoms. The van der Waals surface area contributed by atoms with Crippen molar-refractivity contribution in [2.45, 2.75) is 37.3 Å². The standard InChI is InChI=1S/C14H18O9/c15-4-9-10(17)11(18)12(19)14(23-9)22-5-6-1-2-8(16)7(3-6)13(20)21/h1-3,9-12,14-19H,4-5H2,(H,20,21)/t9-,10-,11+,12-,14-/m1/s1. The summed E-state index contributed by atoms with van der Waals surface area (Å²) in [5, 5.41) is 56.5. The van der Waals surface area contributed by atoms with Crippen LogP contribution in [0.5, 0.6) is 5.75 Å². The highest BCUT2D eigenvalue weighted by Crippen LogP contribution is 2.24. The van der Waals surface area contributed by atoms with Gasteiger partial charge >= 0.3 is 5.97 Å². The van der Waals surface area contributed by atoms with E-state index in [1.807, 2.05) is 0 Å². The van der Waals surface area contributed by atoms with Gasteiger partial charge < -0.3 is 40.1 Å². The van der Waals surface area contributed by atoms with Crippen molar-refractivity contribution in [2.24, 2.45) is 0 Å². The molecule has 1 aromatic rings. The van der Waals surface area contributed by atoms with Crippen molar-refractivity contribution < 1.29 is 44.9 Å². The first-order valence-electron chi connectivity index (χ1n) is 6.82. The van der Waals surface area contributed by atoms with Gasteiger partial charge in [0.1, 0.15) is 35.7 Å². The van der Waals surface area contributed by atoms with Crippen LogP contribution in [0.1, 0.15) is 15.9 Å². The number of aromatic carboxylic acids is 1. The Bertz CT molecular complexity index is 559. The highest BCUT2D eigenvalue weighted by atomic mass is 16.7. The molecule has 9 nitrogen and oxygen atoms in total. The number of benzene rings is 1. The molecule has 9 heteroatoms. The molecule has 0 unspecified atom stereocenters. The molecule has 0 radical (unpaired) electrons. The summed E-state index contributed by atoms with van der Waals surface area (Å²) in [7, 11) is 0. The summed E-state index contributed by atoms with van der Waals surface area (Å²) in [4.78, 5) is 10.9. The number of aliphatic hydroxyl groups is 4. The first-order valence-corrected chi connectivity index (χ1v) is 6.82. The number of carbonyl (C=O) groups is 1. The Balaban J connectivity index is 2.05. The van der Waals surface area contributed by atoms with Crippen molar-refractivity contribution in [3.8, 4) is 5.75 Å². The van der Waals surface area contributed by atoms with Gasteiger partial charge in [-0.2, -0.15) is 0 Å². The number of carboxylic acids is 1. The van der Waals surface area contributed by atoms with Gasteiger partial charge in [0.25, 0.3) is 0 Å². The number of aliphatic hydroxyl groups excluding tert-OH is 4. The van der Waals surface area contributed by atoms with E-state index >= 15 is 0 Å². The fourth-order valence-corrected chi connectivity index (χ4v) is 2.23. The average Bonchev–Trinajstić information content (AvgIpc) is 2.53. The second-order valence-electron chi connectivity index (χ2n) is 5.16. The molecule has 6 N–H and O–H groups in total. The molecule has 128 valence electrons. The summed E-state index contributed by atoms with van der Waals surface area (Å²) in [6.07, 6.45) is -6.98. The van der Waals surface area contributed by atoms with E-state index in [1.165, 1.54) is 18.2 Å². The Morgan fingerprint density at radius 3 is 2.48 bits per heavy atom. The van der Waals surface area contributed by atoms with Crippen molar-refractivity contribution in [1.29, 1.82) is 0 Å². The highest BCUT2D eigenvalue weighted by molar-refractivity contribution is 5.90. The largest absolute Gasteiger partial charge is 0.507 e. The second-order valence-corrected chi connectivity index (χ2v) is 5.16. The van der Waals surface area contributed by atoms with Gasteiger partial charge in [0, 0.05) is 0 Å². The predicted octanol–water partition coefficient (Wildman–Crippen LogP) is -1.59. The Kier molecular flexibility index (Phi) is 5.52. The maximum atomic E-state index is 10.9. The van der Waals surface area contributed by atoms with Crippen molar-refractivity contribution in [2.75, 3.05) is 6.61 Å². The van der Waals surface area contributed by atoms with E-state index < -0.39 is 49.0 Å². The summed E-state index contributed by atoms with van der Waals surface area (Å²) >= 11 is 0. The quantitative estimate of drug-likeness (QED) is 0.374. The van der Waals surface area contributed by atoms with Gasteiger partial charge in [-0.15, -0.1) is 0 Å². The van der Waals surface area contributed by atoms with Crippen LogP contribution < -0.4 is 0 Å². The van der Waals surface area contributed by atoms with Crippen LogP contribution in [0.25, 0.3) is 0 Å². The van der Waals surface area contributed by atoms with Crippen molar-refractivity contribution in [1.82, 2.24) is 0 Å². The molecule has 1 aliphatic rings. The van der Waals surface area contributed by atoms with Crippen LogP contribution >= 0.6 is 0 Å². The number of hydrogen-bond acceptors (Lipinski definition) is 8. The Labute approximate surface area is 130 Å². The van der Waals surface area contributed by atoms with E-state index in [0.29, 0.717) is 5.56 Å². The van der Waals surface area contributed by atoms with E-state index in [2.05, 4.69) is 0 Å². The number of hydrogen-bond donors (Lipinski definition) is 6. The van der Waals surface area contributed by atoms with Crippen LogP contribution in [0.3, 0.4) is 0 Å². The maximum Gasteiger partial charge on any atom is 0.339 e. The second kappa shape index (κ2) is 7.21. The number of carboxylic acid groups (broad SMARTS) is 1. The molecule has 1 aromatic carbocycles. The number of phenols is 1. The average molecular weight is 330 g/mol. The molecular formula is C14H18O9. The summed E-state index contributed by atoms with van der Waals surface area (Å²) < 4.78 is 10.4. The van der Waals surface area contributed by atoms with Crippen molar-refractivity contribution in [3.05, 3.63) is 29.3 Å². The van der Waals surface area contributed by atoms with Gasteiger partial charge in [-0.25, -0.2) is 4.79 Å². The van der Waals surface area contributed by atoms with Gasteiger partial charge in [-0.05, 0) is 17.7 Å². The van der Waals surface area contributed by atoms with Crippen LogP contribution in [0, 0.1) is 0 Å². The van der Waals surface area contributed by atoms with Crippen molar-refractivity contribution >= 4 is 5.97 Å². The molecule has 0 spiro atoms. The lowest BCUT2D eigenvalue weighted by atomic mass is 9.99. The molecule has 1 fully saturated rings. The third-order valence-electron chi connectivity index (χ3n) is 3.55. The Hall–Kier alpha value is -1.75. The first-order chi connectivity index (χ1) is 10.8. The molecular weight excluding hydrogens is 312 g/mol. The molecule has 0 aliphatic carbocycles. The SMILES string of the molecule is O=C(O)c1cc(CO[C@@H]2O[C@H](CO)[C@@H](O)[C@H](O)[C@H]2O)ccc1O. The lowest BCUT2D eigenvalue weighted by Gasteiger charge is -2.39. The van der Waals surface area contributed by atoms with E-state index in [0.717, 1.165) is 0 Å². The molecule has 0 amide bonds. The van der Waals surface area contributed by atoms with Gasteiger partial charge in [0.05, 0.1) is 13.2 Å². The zero-order chi connectivity index (χ0) is 17.1. The fraction of sp³-hybridized carbons (Fsp3) is 0.500. The maximum absolute atomic E-state index is 10.9. The minimum atomic E-state index is -1.56. The minimum Gasteiger partial charge on any atom is -0.507 e. The van der Waals surface area contributed by atoms with Crippen molar-refractivity contribution in [3.63, 3.8) is 0 Å². The molecule has 5 atom stereocenters.